The summed E-state index contributed by atoms with van der Waals surface area (Å²) in [6.45, 7) is 4.21. The van der Waals surface area contributed by atoms with Crippen LogP contribution in [0.4, 0.5) is 22.7 Å². The van der Waals surface area contributed by atoms with Crippen molar-refractivity contribution in [2.75, 3.05) is 11.9 Å². The number of nitrogens with zero attached hydrogens (tertiary/aromatic N) is 2. The van der Waals surface area contributed by atoms with Gasteiger partial charge in [0.15, 0.2) is 5.13 Å². The normalized spacial score (nSPS) is 13.9. The molecule has 0 bridgehead atoms. The molecule has 0 radical (unpaired) electrons. The fourth-order valence-electron chi connectivity index (χ4n) is 3.54. The highest BCUT2D eigenvalue weighted by molar-refractivity contribution is 7.96. The number of aliphatic hydroxyl groups is 1. The van der Waals surface area contributed by atoms with Crippen LogP contribution in [-0.4, -0.2) is 26.5 Å². The Bertz CT molecular complexity index is 1230. The summed E-state index contributed by atoms with van der Waals surface area (Å²) in [6, 6.07) is 12.6. The van der Waals surface area contributed by atoms with Crippen LogP contribution in [-0.2, 0) is 25.0 Å². The zero-order valence-corrected chi connectivity index (χ0v) is 21.3. The molecule has 0 atom stereocenters. The molecule has 3 N–H and O–H groups in total. The quantitative estimate of drug-likeness (QED) is 0.222. The first-order chi connectivity index (χ1) is 17.0. The molecule has 0 aliphatic carbocycles. The summed E-state index contributed by atoms with van der Waals surface area (Å²) in [7, 11) is 0. The van der Waals surface area contributed by atoms with Gasteiger partial charge < -0.3 is 20.0 Å². The molecule has 1 aliphatic heterocycles. The fraction of sp³-hybridized carbons (Fsp3) is 0.320. The number of halogens is 4. The highest BCUT2D eigenvalue weighted by Crippen LogP contribution is 2.37. The lowest BCUT2D eigenvalue weighted by molar-refractivity contribution is -0.137. The third-order valence-electron chi connectivity index (χ3n) is 5.36. The lowest BCUT2D eigenvalue weighted by Gasteiger charge is -2.31. The minimum Gasteiger partial charge on any atom is -0.394 e. The minimum absolute atomic E-state index is 0.00564. The van der Waals surface area contributed by atoms with Crippen molar-refractivity contribution in [2.45, 2.75) is 44.4 Å². The van der Waals surface area contributed by atoms with E-state index >= 15 is 0 Å². The number of nitrogens with one attached hydrogen (secondary N) is 2. The fourth-order valence-corrected chi connectivity index (χ4v) is 5.38. The van der Waals surface area contributed by atoms with Crippen molar-refractivity contribution in [1.82, 2.24) is 14.6 Å². The predicted octanol–water partition coefficient (Wildman–Crippen LogP) is 6.24. The van der Waals surface area contributed by atoms with Gasteiger partial charge in [-0.15, -0.1) is 0 Å². The average molecular weight is 539 g/mol. The Kier molecular flexibility index (Phi) is 7.82. The monoisotopic (exact) mass is 538 g/mol. The molecule has 0 saturated heterocycles. The number of aromatic nitrogens is 1. The molecule has 5 nitrogen and oxygen atoms in total. The topological polar surface area (TPSA) is 60.4 Å². The number of alkyl halides is 3. The van der Waals surface area contributed by atoms with Gasteiger partial charge >= 0.3 is 6.18 Å². The summed E-state index contributed by atoms with van der Waals surface area (Å²) in [4.78, 5) is 5.54. The second-order valence-corrected chi connectivity index (χ2v) is 11.1. The van der Waals surface area contributed by atoms with Gasteiger partial charge in [-0.2, -0.15) is 13.2 Å². The maximum Gasteiger partial charge on any atom is 0.416 e. The molecule has 0 fully saturated rings. The molecule has 2 aromatic carbocycles. The Labute approximate surface area is 215 Å². The van der Waals surface area contributed by atoms with Gasteiger partial charge in [0, 0.05) is 18.5 Å². The van der Waals surface area contributed by atoms with Crippen LogP contribution in [0.5, 0.6) is 0 Å². The summed E-state index contributed by atoms with van der Waals surface area (Å²) < 4.78 is 55.0. The second-order valence-electron chi connectivity index (χ2n) is 9.04. The molecule has 0 saturated carbocycles. The summed E-state index contributed by atoms with van der Waals surface area (Å²) in [5.41, 5.74) is 1.35. The molecule has 0 amide bonds. The highest BCUT2D eigenvalue weighted by atomic mass is 32.2. The number of fused-ring (bicyclic) bond motifs is 1. The smallest absolute Gasteiger partial charge is 0.394 e. The third-order valence-corrected chi connectivity index (χ3v) is 7.47. The van der Waals surface area contributed by atoms with Crippen molar-refractivity contribution >= 4 is 34.1 Å². The van der Waals surface area contributed by atoms with E-state index in [0.717, 1.165) is 34.2 Å². The van der Waals surface area contributed by atoms with Crippen LogP contribution in [0.25, 0.3) is 5.70 Å². The maximum absolute atomic E-state index is 13.8. The van der Waals surface area contributed by atoms with Gasteiger partial charge in [-0.3, -0.25) is 0 Å². The van der Waals surface area contributed by atoms with Crippen molar-refractivity contribution in [3.63, 3.8) is 0 Å². The van der Waals surface area contributed by atoms with Crippen molar-refractivity contribution < 1.29 is 22.7 Å². The number of benzene rings is 2. The van der Waals surface area contributed by atoms with Crippen molar-refractivity contribution in [3.8, 4) is 0 Å². The van der Waals surface area contributed by atoms with Gasteiger partial charge in [0.25, 0.3) is 0 Å². The number of hydrogen-bond acceptors (Lipinski definition) is 7. The predicted molar refractivity (Wildman–Crippen MR) is 136 cm³/mol. The molecule has 36 heavy (non-hydrogen) atoms. The van der Waals surface area contributed by atoms with E-state index in [2.05, 4.69) is 32.1 Å². The molecular weight excluding hydrogens is 512 g/mol. The van der Waals surface area contributed by atoms with E-state index in [0.29, 0.717) is 17.7 Å². The minimum atomic E-state index is -4.62. The van der Waals surface area contributed by atoms with E-state index in [1.165, 1.54) is 16.9 Å². The van der Waals surface area contributed by atoms with Gasteiger partial charge in [-0.1, -0.05) is 41.7 Å². The average Bonchev–Trinajstić information content (AvgIpc) is 3.24. The van der Waals surface area contributed by atoms with Gasteiger partial charge in [0.2, 0.25) is 0 Å². The van der Waals surface area contributed by atoms with Crippen LogP contribution >= 0.6 is 23.3 Å². The number of rotatable bonds is 9. The molecule has 192 valence electrons. The summed E-state index contributed by atoms with van der Waals surface area (Å²) in [5.74, 6) is -0.175. The standard InChI is InChI=1S/C25H26F4N4OS2/c1-24(2,15-34)32-21-13-33(35-14-16-6-4-3-5-7-16)12-20-22(21)36-23(31-20)30-11-17-8-18(25(27,28)29)10-19(26)9-17/h3-10,13,32,34H,11-12,14-15H2,1-2H3,(H,30,31). The third kappa shape index (κ3) is 6.71. The molecule has 0 spiro atoms. The zero-order chi connectivity index (χ0) is 25.9. The first-order valence-electron chi connectivity index (χ1n) is 11.2. The van der Waals surface area contributed by atoms with Crippen LogP contribution in [0, 0.1) is 5.82 Å². The van der Waals surface area contributed by atoms with E-state index in [9.17, 15) is 22.7 Å². The molecule has 1 aliphatic rings. The van der Waals surface area contributed by atoms with E-state index in [-0.39, 0.29) is 18.7 Å². The first kappa shape index (κ1) is 26.3. The number of hydrogen-bond donors (Lipinski definition) is 3. The lowest BCUT2D eigenvalue weighted by atomic mass is 10.1. The van der Waals surface area contributed by atoms with Gasteiger partial charge in [0.05, 0.1) is 40.5 Å². The maximum atomic E-state index is 13.8. The first-order valence-corrected chi connectivity index (χ1v) is 12.9. The van der Waals surface area contributed by atoms with Crippen LogP contribution in [0.2, 0.25) is 0 Å². The Morgan fingerprint density at radius 3 is 2.56 bits per heavy atom. The van der Waals surface area contributed by atoms with Crippen LogP contribution < -0.4 is 10.6 Å². The van der Waals surface area contributed by atoms with Crippen LogP contribution in [0.1, 0.15) is 41.1 Å². The largest absolute Gasteiger partial charge is 0.416 e. The number of thiazole rings is 1. The molecule has 4 rings (SSSR count). The SMILES string of the molecule is CC(C)(CO)NC1=CN(SCc2ccccc2)Cc2nc(NCc3cc(F)cc(C(F)(F)F)c3)sc21. The molecule has 1 aromatic heterocycles. The summed E-state index contributed by atoms with van der Waals surface area (Å²) >= 11 is 2.98. The van der Waals surface area contributed by atoms with E-state index in [1.54, 1.807) is 11.9 Å². The summed E-state index contributed by atoms with van der Waals surface area (Å²) in [5, 5.41) is 16.7. The van der Waals surface area contributed by atoms with Crippen LogP contribution in [0.3, 0.4) is 0 Å². The molecule has 3 aromatic rings. The number of aliphatic hydroxyl groups excluding tert-OH is 1. The Balaban J connectivity index is 1.52. The second kappa shape index (κ2) is 10.7. The van der Waals surface area contributed by atoms with Gasteiger partial charge in [-0.25, -0.2) is 9.37 Å². The Hall–Kier alpha value is -2.76. The van der Waals surface area contributed by atoms with Gasteiger partial charge in [-0.05, 0) is 55.1 Å². The molecular formula is C25H26F4N4OS2. The van der Waals surface area contributed by atoms with Crippen molar-refractivity contribution in [3.05, 3.63) is 87.8 Å². The summed E-state index contributed by atoms with van der Waals surface area (Å²) in [6.07, 6.45) is -2.64. The number of anilines is 1. The van der Waals surface area contributed by atoms with Gasteiger partial charge in [0.1, 0.15) is 5.82 Å². The lowest BCUT2D eigenvalue weighted by Crippen LogP contribution is -2.42. The molecule has 0 unspecified atom stereocenters. The Morgan fingerprint density at radius 2 is 1.86 bits per heavy atom. The van der Waals surface area contributed by atoms with Crippen molar-refractivity contribution in [1.29, 1.82) is 0 Å². The molecule has 2 heterocycles. The van der Waals surface area contributed by atoms with E-state index < -0.39 is 23.1 Å². The molecule has 11 heteroatoms. The highest BCUT2D eigenvalue weighted by Gasteiger charge is 2.31. The Morgan fingerprint density at radius 1 is 1.11 bits per heavy atom. The van der Waals surface area contributed by atoms with E-state index in [1.807, 2.05) is 38.2 Å². The zero-order valence-electron chi connectivity index (χ0n) is 19.7. The van der Waals surface area contributed by atoms with E-state index in [4.69, 9.17) is 0 Å². The van der Waals surface area contributed by atoms with Crippen LogP contribution in [0.15, 0.2) is 54.7 Å². The van der Waals surface area contributed by atoms with Crippen molar-refractivity contribution in [2.24, 2.45) is 0 Å².